The van der Waals surface area contributed by atoms with Crippen molar-refractivity contribution in [1.82, 2.24) is 10.3 Å². The van der Waals surface area contributed by atoms with Gasteiger partial charge in [-0.1, -0.05) is 17.7 Å². The molecule has 2 heterocycles. The van der Waals surface area contributed by atoms with Gasteiger partial charge in [0.25, 0.3) is 5.91 Å². The van der Waals surface area contributed by atoms with Gasteiger partial charge in [-0.05, 0) is 47.3 Å². The average molecular weight is 388 g/mol. The topological polar surface area (TPSA) is 68.4 Å². The summed E-state index contributed by atoms with van der Waals surface area (Å²) in [5.41, 5.74) is 1.02. The molecule has 1 amide bonds. The molecule has 5 nitrogen and oxygen atoms in total. The van der Waals surface area contributed by atoms with Crippen molar-refractivity contribution >= 4 is 34.1 Å². The Morgan fingerprint density at radius 3 is 2.96 bits per heavy atom. The summed E-state index contributed by atoms with van der Waals surface area (Å²) in [6.07, 6.45) is 2.20. The fraction of sp³-hybridized carbons (Fsp3) is 0.250. The zero-order valence-corrected chi connectivity index (χ0v) is 15.3. The van der Waals surface area contributed by atoms with Gasteiger partial charge >= 0.3 is 0 Å². The maximum absolute atomic E-state index is 13.4. The number of β-amino-alcohol motifs (C(OH)–C–C–N with tert-alkyl or cyclic N) is 1. The number of aromatic amines is 1. The maximum atomic E-state index is 13.4. The third-order valence-electron chi connectivity index (χ3n) is 4.95. The number of benzene rings is 2. The van der Waals surface area contributed by atoms with Gasteiger partial charge in [-0.3, -0.25) is 4.79 Å². The van der Waals surface area contributed by atoms with Crippen LogP contribution in [0.2, 0.25) is 5.02 Å². The second-order valence-electron chi connectivity index (χ2n) is 6.91. The predicted octanol–water partition coefficient (Wildman–Crippen LogP) is 3.22. The molecule has 140 valence electrons. The SMILES string of the molecule is O=C(NCc1cc(F)cc(Cl)c1)C1(O)CCN(c2ccc3cc[nH]c3c2)C1. The van der Waals surface area contributed by atoms with Crippen LogP contribution in [0.4, 0.5) is 10.1 Å². The van der Waals surface area contributed by atoms with E-state index in [1.54, 1.807) is 6.07 Å². The number of aromatic nitrogens is 1. The number of aliphatic hydroxyl groups is 1. The lowest BCUT2D eigenvalue weighted by atomic mass is 10.0. The zero-order chi connectivity index (χ0) is 19.0. The lowest BCUT2D eigenvalue weighted by Crippen LogP contribution is -2.48. The lowest BCUT2D eigenvalue weighted by molar-refractivity contribution is -0.137. The van der Waals surface area contributed by atoms with Gasteiger partial charge in [-0.25, -0.2) is 4.39 Å². The van der Waals surface area contributed by atoms with Crippen molar-refractivity contribution in [3.63, 3.8) is 0 Å². The number of H-pyrrole nitrogens is 1. The number of fused-ring (bicyclic) bond motifs is 1. The zero-order valence-electron chi connectivity index (χ0n) is 14.5. The number of amides is 1. The summed E-state index contributed by atoms with van der Waals surface area (Å²) in [6.45, 7) is 0.879. The molecule has 7 heteroatoms. The Labute approximate surface area is 160 Å². The fourth-order valence-corrected chi connectivity index (χ4v) is 3.74. The molecule has 3 aromatic rings. The van der Waals surface area contributed by atoms with Crippen LogP contribution in [0.3, 0.4) is 0 Å². The first-order valence-electron chi connectivity index (χ1n) is 8.71. The van der Waals surface area contributed by atoms with E-state index in [1.807, 2.05) is 35.4 Å². The molecule has 3 N–H and O–H groups in total. The van der Waals surface area contributed by atoms with E-state index in [9.17, 15) is 14.3 Å². The molecule has 0 bridgehead atoms. The maximum Gasteiger partial charge on any atom is 0.254 e. The Kier molecular flexibility index (Phi) is 4.53. The van der Waals surface area contributed by atoms with Crippen molar-refractivity contribution in [1.29, 1.82) is 0 Å². The third-order valence-corrected chi connectivity index (χ3v) is 5.17. The van der Waals surface area contributed by atoms with Crippen LogP contribution in [0.15, 0.2) is 48.7 Å². The number of nitrogens with zero attached hydrogens (tertiary/aromatic N) is 1. The Bertz CT molecular complexity index is 986. The number of carbonyl (C=O) groups is 1. The molecule has 1 atom stereocenters. The lowest BCUT2D eigenvalue weighted by Gasteiger charge is -2.23. The summed E-state index contributed by atoms with van der Waals surface area (Å²) in [4.78, 5) is 17.7. The molecule has 1 fully saturated rings. The van der Waals surface area contributed by atoms with Crippen LogP contribution in [0.1, 0.15) is 12.0 Å². The molecule has 0 saturated carbocycles. The van der Waals surface area contributed by atoms with Crippen LogP contribution in [-0.2, 0) is 11.3 Å². The van der Waals surface area contributed by atoms with E-state index in [2.05, 4.69) is 10.3 Å². The largest absolute Gasteiger partial charge is 0.378 e. The van der Waals surface area contributed by atoms with E-state index >= 15 is 0 Å². The van der Waals surface area contributed by atoms with Crippen molar-refractivity contribution in [3.8, 4) is 0 Å². The van der Waals surface area contributed by atoms with Crippen molar-refractivity contribution in [2.24, 2.45) is 0 Å². The minimum atomic E-state index is -1.48. The highest BCUT2D eigenvalue weighted by atomic mass is 35.5. The summed E-state index contributed by atoms with van der Waals surface area (Å²) < 4.78 is 13.4. The molecule has 0 aliphatic carbocycles. The first-order valence-corrected chi connectivity index (χ1v) is 9.08. The molecule has 1 aromatic heterocycles. The Morgan fingerprint density at radius 1 is 1.30 bits per heavy atom. The average Bonchev–Trinajstić information content (AvgIpc) is 3.25. The van der Waals surface area contributed by atoms with Gasteiger partial charge < -0.3 is 20.3 Å². The van der Waals surface area contributed by atoms with Crippen molar-refractivity contribution in [2.75, 3.05) is 18.0 Å². The van der Waals surface area contributed by atoms with Crippen LogP contribution in [0, 0.1) is 5.82 Å². The summed E-state index contributed by atoms with van der Waals surface area (Å²) >= 11 is 5.83. The van der Waals surface area contributed by atoms with Gasteiger partial charge in [0.05, 0.1) is 6.54 Å². The van der Waals surface area contributed by atoms with Crippen LogP contribution in [-0.4, -0.2) is 34.7 Å². The first kappa shape index (κ1) is 17.8. The van der Waals surface area contributed by atoms with Gasteiger partial charge in [-0.15, -0.1) is 0 Å². The molecule has 0 spiro atoms. The van der Waals surface area contributed by atoms with E-state index in [0.29, 0.717) is 18.5 Å². The van der Waals surface area contributed by atoms with E-state index < -0.39 is 17.3 Å². The number of nitrogens with one attached hydrogen (secondary N) is 2. The minimum Gasteiger partial charge on any atom is -0.378 e. The predicted molar refractivity (Wildman–Crippen MR) is 103 cm³/mol. The van der Waals surface area contributed by atoms with Crippen molar-refractivity contribution in [2.45, 2.75) is 18.6 Å². The summed E-state index contributed by atoms with van der Waals surface area (Å²) in [5, 5.41) is 14.9. The van der Waals surface area contributed by atoms with Gasteiger partial charge in [0, 0.05) is 41.9 Å². The van der Waals surface area contributed by atoms with Crippen LogP contribution in [0.25, 0.3) is 10.9 Å². The highest BCUT2D eigenvalue weighted by Crippen LogP contribution is 2.29. The summed E-state index contributed by atoms with van der Waals surface area (Å²) in [7, 11) is 0. The smallest absolute Gasteiger partial charge is 0.254 e. The highest BCUT2D eigenvalue weighted by molar-refractivity contribution is 6.30. The second kappa shape index (κ2) is 6.87. The molecule has 1 unspecified atom stereocenters. The highest BCUT2D eigenvalue weighted by Gasteiger charge is 2.42. The Balaban J connectivity index is 1.43. The standard InChI is InChI=1S/C20H19ClFN3O2/c21-15-7-13(8-16(22)9-15)11-24-19(26)20(27)4-6-25(12-20)17-2-1-14-3-5-23-18(14)10-17/h1-3,5,7-10,23,27H,4,6,11-12H2,(H,24,26). The molecular formula is C20H19ClFN3O2. The summed E-state index contributed by atoms with van der Waals surface area (Å²) in [6, 6.07) is 12.1. The van der Waals surface area contributed by atoms with Gasteiger partial charge in [0.15, 0.2) is 5.60 Å². The third kappa shape index (κ3) is 3.63. The Hall–Kier alpha value is -2.57. The number of anilines is 1. The fourth-order valence-electron chi connectivity index (χ4n) is 3.49. The number of rotatable bonds is 4. The Morgan fingerprint density at radius 2 is 2.15 bits per heavy atom. The first-order chi connectivity index (χ1) is 12.9. The van der Waals surface area contributed by atoms with Gasteiger partial charge in [0.1, 0.15) is 5.82 Å². The molecule has 1 aliphatic rings. The molecule has 1 aliphatic heterocycles. The van der Waals surface area contributed by atoms with E-state index in [-0.39, 0.29) is 18.1 Å². The van der Waals surface area contributed by atoms with Crippen molar-refractivity contribution in [3.05, 3.63) is 65.1 Å². The van der Waals surface area contributed by atoms with E-state index in [0.717, 1.165) is 16.6 Å². The molecule has 27 heavy (non-hydrogen) atoms. The molecule has 1 saturated heterocycles. The number of hydrogen-bond acceptors (Lipinski definition) is 3. The molecule has 0 radical (unpaired) electrons. The van der Waals surface area contributed by atoms with Crippen LogP contribution >= 0.6 is 11.6 Å². The van der Waals surface area contributed by atoms with Crippen molar-refractivity contribution < 1.29 is 14.3 Å². The van der Waals surface area contributed by atoms with E-state index in [1.165, 1.54) is 12.1 Å². The van der Waals surface area contributed by atoms with Gasteiger partial charge in [0.2, 0.25) is 0 Å². The van der Waals surface area contributed by atoms with Gasteiger partial charge in [-0.2, -0.15) is 0 Å². The second-order valence-corrected chi connectivity index (χ2v) is 7.35. The molecule has 2 aromatic carbocycles. The number of carbonyl (C=O) groups excluding carboxylic acids is 1. The quantitative estimate of drug-likeness (QED) is 0.644. The number of halogens is 2. The van der Waals surface area contributed by atoms with Crippen LogP contribution in [0.5, 0.6) is 0 Å². The summed E-state index contributed by atoms with van der Waals surface area (Å²) in [5.74, 6) is -0.927. The minimum absolute atomic E-state index is 0.104. The normalized spacial score (nSPS) is 19.6. The van der Waals surface area contributed by atoms with E-state index in [4.69, 9.17) is 11.6 Å². The molecular weight excluding hydrogens is 369 g/mol. The monoisotopic (exact) mass is 387 g/mol. The molecule has 4 rings (SSSR count). The van der Waals surface area contributed by atoms with Crippen LogP contribution < -0.4 is 10.2 Å². The number of hydrogen-bond donors (Lipinski definition) is 3.